The molecule has 2 unspecified atom stereocenters. The zero-order valence-electron chi connectivity index (χ0n) is 12.1. The van der Waals surface area contributed by atoms with E-state index >= 15 is 0 Å². The first-order chi connectivity index (χ1) is 10.2. The zero-order chi connectivity index (χ0) is 14.8. The number of ether oxygens (including phenoxy) is 1. The van der Waals surface area contributed by atoms with Gasteiger partial charge >= 0.3 is 0 Å². The van der Waals surface area contributed by atoms with Crippen LogP contribution in [-0.2, 0) is 11.2 Å². The van der Waals surface area contributed by atoms with Gasteiger partial charge in [0.2, 0.25) is 0 Å². The predicted octanol–water partition coefficient (Wildman–Crippen LogP) is 4.50. The second-order valence-corrected chi connectivity index (χ2v) is 6.37. The molecule has 2 nitrogen and oxygen atoms in total. The molecule has 21 heavy (non-hydrogen) atoms. The minimum Gasteiger partial charge on any atom is -0.388 e. The third kappa shape index (κ3) is 3.05. The van der Waals surface area contributed by atoms with Gasteiger partial charge in [0.25, 0.3) is 0 Å². The first kappa shape index (κ1) is 14.8. The molecule has 0 saturated carbocycles. The van der Waals surface area contributed by atoms with Crippen LogP contribution in [-0.4, -0.2) is 11.7 Å². The van der Waals surface area contributed by atoms with Crippen LogP contribution in [0.15, 0.2) is 46.9 Å². The van der Waals surface area contributed by atoms with E-state index in [0.29, 0.717) is 6.42 Å². The van der Waals surface area contributed by atoms with Crippen LogP contribution in [0.3, 0.4) is 0 Å². The van der Waals surface area contributed by atoms with E-state index in [0.717, 1.165) is 28.6 Å². The van der Waals surface area contributed by atoms with Gasteiger partial charge in [0.1, 0.15) is 0 Å². The van der Waals surface area contributed by atoms with Crippen LogP contribution >= 0.6 is 15.9 Å². The summed E-state index contributed by atoms with van der Waals surface area (Å²) in [6.07, 6.45) is 1.01. The maximum Gasteiger partial charge on any atom is 0.0855 e. The largest absolute Gasteiger partial charge is 0.388 e. The quantitative estimate of drug-likeness (QED) is 0.886. The van der Waals surface area contributed by atoms with Gasteiger partial charge in [-0.3, -0.25) is 0 Å². The van der Waals surface area contributed by atoms with Crippen molar-refractivity contribution in [2.45, 2.75) is 32.0 Å². The Labute approximate surface area is 133 Å². The fourth-order valence-corrected chi connectivity index (χ4v) is 3.37. The van der Waals surface area contributed by atoms with Gasteiger partial charge in [-0.05, 0) is 41.7 Å². The first-order valence-corrected chi connectivity index (χ1v) is 8.08. The molecule has 1 aliphatic rings. The molecule has 3 rings (SSSR count). The van der Waals surface area contributed by atoms with E-state index in [1.165, 1.54) is 11.1 Å². The molecule has 110 valence electrons. The monoisotopic (exact) mass is 346 g/mol. The highest BCUT2D eigenvalue weighted by Gasteiger charge is 2.24. The molecule has 0 bridgehead atoms. The maximum atomic E-state index is 10.6. The lowest BCUT2D eigenvalue weighted by molar-refractivity contribution is 0.00363. The lowest BCUT2D eigenvalue weighted by atomic mass is 9.91. The molecule has 0 aliphatic carbocycles. The lowest BCUT2D eigenvalue weighted by Crippen LogP contribution is -2.18. The lowest BCUT2D eigenvalue weighted by Gasteiger charge is -2.28. The standard InChI is InChI=1S/C18H19BrO2/c1-12-14(7-4-8-16(12)19)17(20)11-18-15-6-3-2-5-13(15)9-10-21-18/h2-8,17-18,20H,9-11H2,1H3. The average molecular weight is 347 g/mol. The number of hydrogen-bond acceptors (Lipinski definition) is 2. The zero-order valence-corrected chi connectivity index (χ0v) is 13.6. The van der Waals surface area contributed by atoms with Gasteiger partial charge in [-0.2, -0.15) is 0 Å². The Balaban J connectivity index is 1.83. The number of aliphatic hydroxyl groups is 1. The van der Waals surface area contributed by atoms with Crippen LogP contribution in [0.5, 0.6) is 0 Å². The summed E-state index contributed by atoms with van der Waals surface area (Å²) in [4.78, 5) is 0. The number of fused-ring (bicyclic) bond motifs is 1. The highest BCUT2D eigenvalue weighted by molar-refractivity contribution is 9.10. The van der Waals surface area contributed by atoms with Crippen molar-refractivity contribution >= 4 is 15.9 Å². The van der Waals surface area contributed by atoms with Gasteiger partial charge in [-0.25, -0.2) is 0 Å². The summed E-state index contributed by atoms with van der Waals surface area (Å²) >= 11 is 3.52. The number of aliphatic hydroxyl groups excluding tert-OH is 1. The Morgan fingerprint density at radius 1 is 1.24 bits per heavy atom. The summed E-state index contributed by atoms with van der Waals surface area (Å²) in [5, 5.41) is 10.6. The van der Waals surface area contributed by atoms with Gasteiger partial charge in [0, 0.05) is 10.9 Å². The van der Waals surface area contributed by atoms with E-state index in [1.807, 2.05) is 31.2 Å². The van der Waals surface area contributed by atoms with E-state index in [4.69, 9.17) is 4.74 Å². The highest BCUT2D eigenvalue weighted by atomic mass is 79.9. The Morgan fingerprint density at radius 3 is 2.90 bits per heavy atom. The minimum absolute atomic E-state index is 0.0247. The Kier molecular flexibility index (Phi) is 4.43. The molecule has 3 heteroatoms. The summed E-state index contributed by atoms with van der Waals surface area (Å²) in [5.41, 5.74) is 4.62. The molecule has 1 N–H and O–H groups in total. The van der Waals surface area contributed by atoms with E-state index in [9.17, 15) is 5.11 Å². The van der Waals surface area contributed by atoms with Crippen LogP contribution < -0.4 is 0 Å². The fraction of sp³-hybridized carbons (Fsp3) is 0.333. The summed E-state index contributed by atoms with van der Waals surface area (Å²) in [7, 11) is 0. The molecule has 2 atom stereocenters. The fourth-order valence-electron chi connectivity index (χ4n) is 2.99. The van der Waals surface area contributed by atoms with Crippen molar-refractivity contribution in [2.24, 2.45) is 0 Å². The molecule has 0 spiro atoms. The second-order valence-electron chi connectivity index (χ2n) is 5.51. The highest BCUT2D eigenvalue weighted by Crippen LogP contribution is 2.36. The van der Waals surface area contributed by atoms with Crippen molar-refractivity contribution in [3.05, 3.63) is 69.2 Å². The molecular weight excluding hydrogens is 328 g/mol. The van der Waals surface area contributed by atoms with Gasteiger partial charge < -0.3 is 9.84 Å². The van der Waals surface area contributed by atoms with Crippen molar-refractivity contribution in [1.29, 1.82) is 0 Å². The molecule has 2 aromatic carbocycles. The Hall–Kier alpha value is -1.16. The van der Waals surface area contributed by atoms with Crippen molar-refractivity contribution in [2.75, 3.05) is 6.61 Å². The van der Waals surface area contributed by atoms with Crippen molar-refractivity contribution in [1.82, 2.24) is 0 Å². The van der Waals surface area contributed by atoms with Crippen LogP contribution in [0.4, 0.5) is 0 Å². The topological polar surface area (TPSA) is 29.5 Å². The normalized spacial score (nSPS) is 19.1. The van der Waals surface area contributed by atoms with Gasteiger partial charge in [0.05, 0.1) is 18.8 Å². The van der Waals surface area contributed by atoms with Gasteiger partial charge in [0.15, 0.2) is 0 Å². The molecule has 2 aromatic rings. The molecule has 0 fully saturated rings. The SMILES string of the molecule is Cc1c(Br)cccc1C(O)CC1OCCc2ccccc21. The van der Waals surface area contributed by atoms with Gasteiger partial charge in [-0.15, -0.1) is 0 Å². The van der Waals surface area contributed by atoms with Crippen LogP contribution in [0.2, 0.25) is 0 Å². The Morgan fingerprint density at radius 2 is 2.05 bits per heavy atom. The van der Waals surface area contributed by atoms with E-state index < -0.39 is 6.10 Å². The number of halogens is 1. The maximum absolute atomic E-state index is 10.6. The molecule has 1 aliphatic heterocycles. The molecule has 1 heterocycles. The second kappa shape index (κ2) is 6.30. The molecule has 0 radical (unpaired) electrons. The van der Waals surface area contributed by atoms with Crippen molar-refractivity contribution in [3.63, 3.8) is 0 Å². The summed E-state index contributed by atoms with van der Waals surface area (Å²) in [6, 6.07) is 14.3. The predicted molar refractivity (Wildman–Crippen MR) is 87.3 cm³/mol. The number of rotatable bonds is 3. The van der Waals surface area contributed by atoms with Crippen LogP contribution in [0.25, 0.3) is 0 Å². The van der Waals surface area contributed by atoms with E-state index in [-0.39, 0.29) is 6.10 Å². The van der Waals surface area contributed by atoms with E-state index in [2.05, 4.69) is 34.1 Å². The molecule has 0 aromatic heterocycles. The van der Waals surface area contributed by atoms with Crippen molar-refractivity contribution in [3.8, 4) is 0 Å². The summed E-state index contributed by atoms with van der Waals surface area (Å²) in [5.74, 6) is 0. The third-order valence-corrected chi connectivity index (χ3v) is 5.06. The van der Waals surface area contributed by atoms with Crippen LogP contribution in [0.1, 0.15) is 40.9 Å². The molecule has 0 amide bonds. The third-order valence-electron chi connectivity index (χ3n) is 4.20. The first-order valence-electron chi connectivity index (χ1n) is 7.29. The van der Waals surface area contributed by atoms with Gasteiger partial charge in [-0.1, -0.05) is 52.3 Å². The number of benzene rings is 2. The minimum atomic E-state index is -0.515. The molecule has 0 saturated heterocycles. The average Bonchev–Trinajstić information content (AvgIpc) is 2.50. The molecular formula is C18H19BrO2. The van der Waals surface area contributed by atoms with E-state index in [1.54, 1.807) is 0 Å². The Bertz CT molecular complexity index is 639. The van der Waals surface area contributed by atoms with Crippen LogP contribution in [0, 0.1) is 6.92 Å². The number of hydrogen-bond donors (Lipinski definition) is 1. The summed E-state index contributed by atoms with van der Waals surface area (Å²) < 4.78 is 6.93. The summed E-state index contributed by atoms with van der Waals surface area (Å²) in [6.45, 7) is 2.75. The van der Waals surface area contributed by atoms with Crippen molar-refractivity contribution < 1.29 is 9.84 Å². The smallest absolute Gasteiger partial charge is 0.0855 e.